The van der Waals surface area contributed by atoms with Crippen molar-refractivity contribution in [1.82, 2.24) is 19.9 Å². The summed E-state index contributed by atoms with van der Waals surface area (Å²) < 4.78 is 0. The van der Waals surface area contributed by atoms with Gasteiger partial charge < -0.3 is 10.2 Å². The number of aliphatic carboxylic acids is 2. The molecule has 1 aliphatic rings. The van der Waals surface area contributed by atoms with Crippen molar-refractivity contribution in [1.29, 1.82) is 0 Å². The lowest BCUT2D eigenvalue weighted by Gasteiger charge is -2.46. The predicted molar refractivity (Wildman–Crippen MR) is 111 cm³/mol. The molecule has 4 rings (SSSR count). The predicted octanol–water partition coefficient (Wildman–Crippen LogP) is 2.14. The molecule has 4 atom stereocenters. The molecule has 0 saturated carbocycles. The van der Waals surface area contributed by atoms with E-state index in [1.54, 1.807) is 65.7 Å². The Bertz CT molecular complexity index is 1040. The molecule has 32 heavy (non-hydrogen) atoms. The van der Waals surface area contributed by atoms with Crippen LogP contribution in [-0.2, 0) is 20.9 Å². The topological polar surface area (TPSA) is 134 Å². The van der Waals surface area contributed by atoms with E-state index in [9.17, 15) is 24.6 Å². The van der Waals surface area contributed by atoms with Crippen LogP contribution < -0.4 is 0 Å². The number of likely N-dealkylation sites (tertiary alicyclic amines) is 1. The lowest BCUT2D eigenvalue weighted by Crippen LogP contribution is -2.55. The third kappa shape index (κ3) is 3.97. The van der Waals surface area contributed by atoms with Gasteiger partial charge in [0.25, 0.3) is 0 Å². The van der Waals surface area contributed by atoms with Crippen LogP contribution in [0, 0.1) is 11.8 Å². The number of carbonyl (C=O) groups excluding carboxylic acids is 1. The molecule has 0 aliphatic carbocycles. The second kappa shape index (κ2) is 9.03. The smallest absolute Gasteiger partial charge is 0.316 e. The number of Topliss-reactive ketones (excluding diaryl/α,β-unsaturated/α-hetero) is 1. The minimum atomic E-state index is -1.62. The van der Waals surface area contributed by atoms with Crippen LogP contribution in [0.3, 0.4) is 0 Å². The maximum atomic E-state index is 13.3. The molecule has 4 heterocycles. The van der Waals surface area contributed by atoms with Gasteiger partial charge in [0.2, 0.25) is 0 Å². The highest BCUT2D eigenvalue weighted by molar-refractivity contribution is 6.09. The first kappa shape index (κ1) is 21.3. The fourth-order valence-electron chi connectivity index (χ4n) is 4.23. The lowest BCUT2D eigenvalue weighted by molar-refractivity contribution is -0.166. The molecule has 0 spiro atoms. The summed E-state index contributed by atoms with van der Waals surface area (Å²) in [7, 11) is 0. The van der Waals surface area contributed by atoms with Crippen LogP contribution in [0.2, 0.25) is 0 Å². The van der Waals surface area contributed by atoms with Crippen LogP contribution in [0.25, 0.3) is 0 Å². The van der Waals surface area contributed by atoms with E-state index in [1.165, 1.54) is 12.4 Å². The summed E-state index contributed by atoms with van der Waals surface area (Å²) in [6.45, 7) is 0.101. The minimum Gasteiger partial charge on any atom is -0.481 e. The number of ketones is 1. The van der Waals surface area contributed by atoms with Crippen LogP contribution in [0.1, 0.15) is 29.2 Å². The summed E-state index contributed by atoms with van der Waals surface area (Å²) in [5.41, 5.74) is 1.31. The van der Waals surface area contributed by atoms with Crippen molar-refractivity contribution < 1.29 is 24.6 Å². The summed E-state index contributed by atoms with van der Waals surface area (Å²) in [6, 6.07) is 13.3. The Morgan fingerprint density at radius 3 is 1.59 bits per heavy atom. The summed E-state index contributed by atoms with van der Waals surface area (Å²) in [5, 5.41) is 20.0. The molecule has 2 N–H and O–H groups in total. The molecule has 3 aromatic rings. The fraction of sp³-hybridized carbons (Fsp3) is 0.217. The number of carbonyl (C=O) groups is 3. The summed E-state index contributed by atoms with van der Waals surface area (Å²) >= 11 is 0. The molecule has 9 heteroatoms. The molecule has 0 amide bonds. The molecule has 1 aliphatic heterocycles. The summed E-state index contributed by atoms with van der Waals surface area (Å²) in [4.78, 5) is 52.5. The molecule has 9 nitrogen and oxygen atoms in total. The highest BCUT2D eigenvalue weighted by atomic mass is 16.4. The second-order valence-electron chi connectivity index (χ2n) is 7.43. The van der Waals surface area contributed by atoms with Crippen molar-refractivity contribution in [2.24, 2.45) is 11.8 Å². The van der Waals surface area contributed by atoms with E-state index in [4.69, 9.17) is 0 Å². The molecular formula is C23H20N4O5. The lowest BCUT2D eigenvalue weighted by atomic mass is 9.74. The first-order valence-corrected chi connectivity index (χ1v) is 9.96. The molecule has 2 unspecified atom stereocenters. The van der Waals surface area contributed by atoms with Crippen molar-refractivity contribution in [2.45, 2.75) is 18.6 Å². The standard InChI is InChI=1S/C23H20N4O5/c28-21-17(22(29)30)19(15-8-2-5-11-25-15)27(13-14-7-1-4-10-24-14)20(18(21)23(31)32)16-9-3-6-12-26-16/h1-12,17-20H,13H2,(H,29,30)(H,31,32)/t17?,18?,19-,20+. The zero-order chi connectivity index (χ0) is 22.7. The number of hydrogen-bond donors (Lipinski definition) is 2. The Morgan fingerprint density at radius 2 is 1.22 bits per heavy atom. The number of piperidine rings is 1. The number of carboxylic acid groups (broad SMARTS) is 2. The maximum Gasteiger partial charge on any atom is 0.316 e. The molecular weight excluding hydrogens is 412 g/mol. The third-order valence-corrected chi connectivity index (χ3v) is 5.54. The van der Waals surface area contributed by atoms with E-state index >= 15 is 0 Å². The fourth-order valence-corrected chi connectivity index (χ4v) is 4.23. The van der Waals surface area contributed by atoms with Gasteiger partial charge in [-0.25, -0.2) is 0 Å². The molecule has 162 valence electrons. The number of carboxylic acids is 2. The average Bonchev–Trinajstić information content (AvgIpc) is 2.80. The van der Waals surface area contributed by atoms with Gasteiger partial charge in [0.05, 0.1) is 29.2 Å². The van der Waals surface area contributed by atoms with Gasteiger partial charge in [0.1, 0.15) is 11.8 Å². The second-order valence-corrected chi connectivity index (χ2v) is 7.43. The summed E-state index contributed by atoms with van der Waals surface area (Å²) in [6.07, 6.45) is 4.62. The Kier molecular flexibility index (Phi) is 6.00. The number of aromatic nitrogens is 3. The quantitative estimate of drug-likeness (QED) is 0.562. The van der Waals surface area contributed by atoms with Gasteiger partial charge in [-0.2, -0.15) is 0 Å². The zero-order valence-corrected chi connectivity index (χ0v) is 16.9. The van der Waals surface area contributed by atoms with Crippen molar-refractivity contribution in [3.8, 4) is 0 Å². The normalized spacial score (nSPS) is 23.6. The molecule has 0 radical (unpaired) electrons. The first-order valence-electron chi connectivity index (χ1n) is 9.96. The first-order chi connectivity index (χ1) is 15.5. The number of pyridine rings is 3. The molecule has 0 aromatic carbocycles. The van der Waals surface area contributed by atoms with Crippen LogP contribution >= 0.6 is 0 Å². The van der Waals surface area contributed by atoms with Gasteiger partial charge in [0.15, 0.2) is 5.78 Å². The number of nitrogens with zero attached hydrogens (tertiary/aromatic N) is 4. The number of hydrogen-bond acceptors (Lipinski definition) is 7. The molecule has 1 saturated heterocycles. The van der Waals surface area contributed by atoms with Crippen molar-refractivity contribution in [2.75, 3.05) is 0 Å². The van der Waals surface area contributed by atoms with Crippen molar-refractivity contribution in [3.63, 3.8) is 0 Å². The van der Waals surface area contributed by atoms with Gasteiger partial charge in [-0.15, -0.1) is 0 Å². The largest absolute Gasteiger partial charge is 0.481 e. The van der Waals surface area contributed by atoms with E-state index in [0.717, 1.165) is 0 Å². The van der Waals surface area contributed by atoms with Crippen molar-refractivity contribution >= 4 is 17.7 Å². The SMILES string of the molecule is O=C(O)C1C(=O)C(C(=O)O)[C@H](c2ccccn2)N(Cc2ccccn2)[C@@H]1c1ccccn1. The minimum absolute atomic E-state index is 0.101. The van der Waals surface area contributed by atoms with E-state index in [2.05, 4.69) is 15.0 Å². The monoisotopic (exact) mass is 432 g/mol. The molecule has 0 bridgehead atoms. The maximum absolute atomic E-state index is 13.3. The highest BCUT2D eigenvalue weighted by Gasteiger charge is 2.56. The Hall–Kier alpha value is -3.98. The Balaban J connectivity index is 1.94. The van der Waals surface area contributed by atoms with E-state index in [0.29, 0.717) is 17.1 Å². The van der Waals surface area contributed by atoms with Crippen molar-refractivity contribution in [3.05, 3.63) is 90.3 Å². The number of rotatable bonds is 6. The van der Waals surface area contributed by atoms with Gasteiger partial charge in [-0.3, -0.25) is 34.2 Å². The van der Waals surface area contributed by atoms with Gasteiger partial charge in [-0.05, 0) is 36.4 Å². The van der Waals surface area contributed by atoms with Gasteiger partial charge in [-0.1, -0.05) is 18.2 Å². The van der Waals surface area contributed by atoms with Crippen LogP contribution in [0.5, 0.6) is 0 Å². The van der Waals surface area contributed by atoms with Gasteiger partial charge >= 0.3 is 11.9 Å². The Labute approximate surface area is 183 Å². The van der Waals surface area contributed by atoms with Gasteiger partial charge in [0, 0.05) is 25.1 Å². The van der Waals surface area contributed by atoms with E-state index in [-0.39, 0.29) is 6.54 Å². The Morgan fingerprint density at radius 1 is 0.750 bits per heavy atom. The third-order valence-electron chi connectivity index (χ3n) is 5.54. The van der Waals surface area contributed by atoms with Crippen LogP contribution in [0.4, 0.5) is 0 Å². The average molecular weight is 432 g/mol. The summed E-state index contributed by atoms with van der Waals surface area (Å²) in [5.74, 6) is -6.91. The zero-order valence-electron chi connectivity index (χ0n) is 16.9. The van der Waals surface area contributed by atoms with Crippen LogP contribution in [0.15, 0.2) is 73.2 Å². The van der Waals surface area contributed by atoms with Crippen LogP contribution in [-0.4, -0.2) is 47.8 Å². The molecule has 3 aromatic heterocycles. The highest BCUT2D eigenvalue weighted by Crippen LogP contribution is 2.46. The molecule has 1 fully saturated rings. The van der Waals surface area contributed by atoms with E-state index < -0.39 is 41.6 Å². The van der Waals surface area contributed by atoms with E-state index in [1.807, 2.05) is 0 Å².